The number of methoxy groups -OCH3 is 1. The highest BCUT2D eigenvalue weighted by molar-refractivity contribution is 7.78. The lowest BCUT2D eigenvalue weighted by atomic mass is 9.99. The quantitative estimate of drug-likeness (QED) is 0.345. The maximum atomic E-state index is 13.0. The second kappa shape index (κ2) is 11.0. The fourth-order valence-corrected chi connectivity index (χ4v) is 3.07. The van der Waals surface area contributed by atoms with Crippen molar-refractivity contribution in [1.29, 1.82) is 0 Å². The summed E-state index contributed by atoms with van der Waals surface area (Å²) in [6.07, 6.45) is 2.91. The minimum Gasteiger partial charge on any atom is -0.466 e. The van der Waals surface area contributed by atoms with Crippen molar-refractivity contribution in [3.8, 4) is 22.6 Å². The van der Waals surface area contributed by atoms with Crippen molar-refractivity contribution in [3.63, 3.8) is 0 Å². The molecular weight excluding hydrogens is 414 g/mol. The van der Waals surface area contributed by atoms with Crippen LogP contribution in [0.15, 0.2) is 73.1 Å². The van der Waals surface area contributed by atoms with E-state index >= 15 is 0 Å². The van der Waals surface area contributed by atoms with Crippen LogP contribution in [0.2, 0.25) is 0 Å². The van der Waals surface area contributed by atoms with Gasteiger partial charge in [0.05, 0.1) is 18.9 Å². The van der Waals surface area contributed by atoms with Crippen LogP contribution in [0, 0.1) is 0 Å². The number of hydrogen-bond donors (Lipinski definition) is 0. The first-order valence-electron chi connectivity index (χ1n) is 9.62. The smallest absolute Gasteiger partial charge is 0.347 e. The molecule has 0 aliphatic carbocycles. The molecule has 1 unspecified atom stereocenters. The molecule has 158 valence electrons. The van der Waals surface area contributed by atoms with E-state index in [1.54, 1.807) is 42.7 Å². The third-order valence-corrected chi connectivity index (χ3v) is 4.66. The molecule has 1 aromatic heterocycles. The number of thiocarbonyl (C=S) groups is 1. The lowest BCUT2D eigenvalue weighted by Gasteiger charge is -2.17. The van der Waals surface area contributed by atoms with Gasteiger partial charge >= 0.3 is 11.9 Å². The number of aromatic nitrogens is 1. The number of esters is 2. The fourth-order valence-electron chi connectivity index (χ4n) is 2.93. The van der Waals surface area contributed by atoms with Crippen molar-refractivity contribution >= 4 is 29.5 Å². The molecule has 0 bridgehead atoms. The Bertz CT molecular complexity index is 1040. The first-order chi connectivity index (χ1) is 15.1. The Morgan fingerprint density at radius 3 is 2.55 bits per heavy atom. The maximum Gasteiger partial charge on any atom is 0.347 e. The van der Waals surface area contributed by atoms with Crippen molar-refractivity contribution in [3.05, 3.63) is 78.6 Å². The summed E-state index contributed by atoms with van der Waals surface area (Å²) in [6, 6.07) is 18.0. The van der Waals surface area contributed by atoms with Crippen molar-refractivity contribution in [2.24, 2.45) is 0 Å². The lowest BCUT2D eigenvalue weighted by Crippen LogP contribution is -2.28. The molecule has 0 saturated heterocycles. The van der Waals surface area contributed by atoms with Crippen LogP contribution in [0.5, 0.6) is 11.5 Å². The molecule has 6 nitrogen and oxygen atoms in total. The zero-order valence-corrected chi connectivity index (χ0v) is 17.7. The number of carbonyl (C=O) groups excluding carboxylic acids is 2. The molecular formula is C24H21NO5S. The highest BCUT2D eigenvalue weighted by Gasteiger charge is 2.25. The van der Waals surface area contributed by atoms with Gasteiger partial charge in [0.2, 0.25) is 0 Å². The highest BCUT2D eigenvalue weighted by Crippen LogP contribution is 2.31. The molecule has 1 atom stereocenters. The van der Waals surface area contributed by atoms with Crippen molar-refractivity contribution in [2.75, 3.05) is 7.11 Å². The molecule has 2 aromatic carbocycles. The number of hydrogen-bond acceptors (Lipinski definition) is 7. The third-order valence-electron chi connectivity index (χ3n) is 4.43. The van der Waals surface area contributed by atoms with Crippen molar-refractivity contribution in [2.45, 2.75) is 18.9 Å². The van der Waals surface area contributed by atoms with E-state index in [1.165, 1.54) is 12.5 Å². The summed E-state index contributed by atoms with van der Waals surface area (Å²) in [7, 11) is 1.25. The van der Waals surface area contributed by atoms with Gasteiger partial charge in [-0.15, -0.1) is 0 Å². The normalized spacial score (nSPS) is 11.3. The Morgan fingerprint density at radius 1 is 1.06 bits per heavy atom. The van der Waals surface area contributed by atoms with Gasteiger partial charge in [-0.3, -0.25) is 4.98 Å². The predicted octanol–water partition coefficient (Wildman–Crippen LogP) is 5.02. The van der Waals surface area contributed by atoms with Crippen LogP contribution in [0.25, 0.3) is 11.1 Å². The Labute approximate surface area is 185 Å². The van der Waals surface area contributed by atoms with Crippen LogP contribution in [0.4, 0.5) is 0 Å². The number of ether oxygens (including phenoxy) is 3. The van der Waals surface area contributed by atoms with Gasteiger partial charge in [-0.2, -0.15) is 0 Å². The van der Waals surface area contributed by atoms with Crippen LogP contribution < -0.4 is 4.74 Å². The molecule has 0 saturated carbocycles. The summed E-state index contributed by atoms with van der Waals surface area (Å²) in [5.74, 6) is -0.147. The first-order valence-corrected chi connectivity index (χ1v) is 10.1. The van der Waals surface area contributed by atoms with Crippen molar-refractivity contribution in [1.82, 2.24) is 4.98 Å². The molecule has 1 heterocycles. The van der Waals surface area contributed by atoms with Gasteiger partial charge in [-0.05, 0) is 59.7 Å². The van der Waals surface area contributed by atoms with Crippen LogP contribution in [0.3, 0.4) is 0 Å². The molecule has 0 N–H and O–H groups in total. The van der Waals surface area contributed by atoms with E-state index < -0.39 is 18.0 Å². The van der Waals surface area contributed by atoms with E-state index in [9.17, 15) is 9.59 Å². The highest BCUT2D eigenvalue weighted by atomic mass is 32.1. The van der Waals surface area contributed by atoms with Crippen LogP contribution in [-0.4, -0.2) is 35.5 Å². The van der Waals surface area contributed by atoms with Gasteiger partial charge in [-0.1, -0.05) is 42.5 Å². The Hall–Kier alpha value is -3.58. The zero-order valence-electron chi connectivity index (χ0n) is 16.9. The van der Waals surface area contributed by atoms with Gasteiger partial charge in [0.15, 0.2) is 6.10 Å². The van der Waals surface area contributed by atoms with E-state index in [0.29, 0.717) is 29.0 Å². The molecule has 0 spiro atoms. The second-order valence-electron chi connectivity index (χ2n) is 6.53. The molecule has 31 heavy (non-hydrogen) atoms. The van der Waals surface area contributed by atoms with E-state index in [0.717, 1.165) is 5.56 Å². The van der Waals surface area contributed by atoms with E-state index in [4.69, 9.17) is 26.4 Å². The molecule has 0 radical (unpaired) electrons. The van der Waals surface area contributed by atoms with E-state index in [-0.39, 0.29) is 6.42 Å². The van der Waals surface area contributed by atoms with Gasteiger partial charge in [-0.25, -0.2) is 9.59 Å². The van der Waals surface area contributed by atoms with Gasteiger partial charge < -0.3 is 14.2 Å². The minimum atomic E-state index is -1.04. The topological polar surface area (TPSA) is 74.7 Å². The predicted molar refractivity (Wildman–Crippen MR) is 120 cm³/mol. The SMILES string of the molecule is COC(=O)C(CCC=S)OC(=O)c1ccc(Oc2cccnc2)cc1-c1ccccc1. The number of pyridine rings is 1. The second-order valence-corrected chi connectivity index (χ2v) is 6.86. The summed E-state index contributed by atoms with van der Waals surface area (Å²) in [5, 5.41) is 1.49. The summed E-state index contributed by atoms with van der Waals surface area (Å²) in [5.41, 5.74) is 1.73. The Kier molecular flexibility index (Phi) is 7.84. The molecule has 3 aromatic rings. The van der Waals surface area contributed by atoms with Gasteiger partial charge in [0.1, 0.15) is 11.5 Å². The Balaban J connectivity index is 1.93. The van der Waals surface area contributed by atoms with Crippen LogP contribution in [-0.2, 0) is 14.3 Å². The minimum absolute atomic E-state index is 0.255. The largest absolute Gasteiger partial charge is 0.466 e. The van der Waals surface area contributed by atoms with Gasteiger partial charge in [0.25, 0.3) is 0 Å². The summed E-state index contributed by atoms with van der Waals surface area (Å²) >= 11 is 4.82. The molecule has 0 aliphatic rings. The number of rotatable bonds is 9. The van der Waals surface area contributed by atoms with E-state index in [1.807, 2.05) is 30.3 Å². The molecule has 7 heteroatoms. The summed E-state index contributed by atoms with van der Waals surface area (Å²) < 4.78 is 16.1. The standard InChI is InChI=1S/C24H21NO5S/c1-28-24(27)22(10-6-14-31)30-23(26)20-12-11-18(29-19-9-5-13-25-16-19)15-21(20)17-7-3-2-4-8-17/h2-5,7-9,11-16,22H,6,10H2,1H3. The lowest BCUT2D eigenvalue weighted by molar-refractivity contribution is -0.151. The molecule has 0 aliphatic heterocycles. The zero-order chi connectivity index (χ0) is 22.1. The van der Waals surface area contributed by atoms with Crippen LogP contribution >= 0.6 is 12.2 Å². The first kappa shape index (κ1) is 22.1. The average molecular weight is 436 g/mol. The summed E-state index contributed by atoms with van der Waals surface area (Å²) in [4.78, 5) is 29.0. The van der Waals surface area contributed by atoms with E-state index in [2.05, 4.69) is 4.98 Å². The third kappa shape index (κ3) is 5.96. The van der Waals surface area contributed by atoms with Gasteiger partial charge in [0, 0.05) is 6.20 Å². The average Bonchev–Trinajstić information content (AvgIpc) is 2.82. The van der Waals surface area contributed by atoms with Crippen LogP contribution in [0.1, 0.15) is 23.2 Å². The molecule has 0 fully saturated rings. The number of carbonyl (C=O) groups is 2. The van der Waals surface area contributed by atoms with Crippen molar-refractivity contribution < 1.29 is 23.8 Å². The fraction of sp³-hybridized carbons (Fsp3) is 0.167. The monoisotopic (exact) mass is 435 g/mol. The number of benzene rings is 2. The summed E-state index contributed by atoms with van der Waals surface area (Å²) in [6.45, 7) is 0. The molecule has 0 amide bonds. The number of nitrogens with zero attached hydrogens (tertiary/aromatic N) is 1. The Morgan fingerprint density at radius 2 is 1.87 bits per heavy atom. The molecule has 3 rings (SSSR count). The maximum absolute atomic E-state index is 13.0.